The largest absolute Gasteiger partial charge is 0.245 e. The molecule has 62 heavy (non-hydrogen) atoms. The van der Waals surface area contributed by atoms with Gasteiger partial charge in [0.15, 0.2) is 0 Å². The molecule has 0 N–H and O–H groups in total. The van der Waals surface area contributed by atoms with E-state index in [0.717, 1.165) is 81.1 Å². The molecule has 11 aromatic rings. The monoisotopic (exact) mass is 796 g/mol. The lowest BCUT2D eigenvalue weighted by atomic mass is 9.86. The van der Waals surface area contributed by atoms with Crippen LogP contribution < -0.4 is 0 Å². The zero-order valence-corrected chi connectivity index (χ0v) is 35.9. The molecule has 0 spiro atoms. The molecule has 0 atom stereocenters. The van der Waals surface area contributed by atoms with Crippen LogP contribution in [0.5, 0.6) is 0 Å². The number of nitrogens with zero attached hydrogens (tertiary/aromatic N) is 2. The molecule has 11 rings (SSSR count). The van der Waals surface area contributed by atoms with Gasteiger partial charge in [-0.1, -0.05) is 173 Å². The summed E-state index contributed by atoms with van der Waals surface area (Å²) in [6, 6.07) is 62.9. The van der Waals surface area contributed by atoms with Crippen LogP contribution in [0.3, 0.4) is 0 Å². The van der Waals surface area contributed by atoms with E-state index in [9.17, 15) is 0 Å². The second kappa shape index (κ2) is 15.4. The highest BCUT2D eigenvalue weighted by molar-refractivity contribution is 6.20. The number of fused-ring (bicyclic) bond motifs is 7. The Morgan fingerprint density at radius 2 is 0.645 bits per heavy atom. The van der Waals surface area contributed by atoms with Gasteiger partial charge in [0.2, 0.25) is 0 Å². The zero-order valence-electron chi connectivity index (χ0n) is 35.9. The van der Waals surface area contributed by atoms with E-state index < -0.39 is 0 Å². The molecular formula is C60H48N2. The predicted octanol–water partition coefficient (Wildman–Crippen LogP) is 16.3. The van der Waals surface area contributed by atoms with Crippen LogP contribution in [0, 0.1) is 0 Å². The highest BCUT2D eigenvalue weighted by Crippen LogP contribution is 2.46. The van der Waals surface area contributed by atoms with Crippen molar-refractivity contribution in [3.05, 3.63) is 192 Å². The standard InChI is InChI=1S/C60H48N2/c1-5-37-23-15-27-43-33-44-28-16-24-38(6-2)54(44)57(53(37)43)51-35-49(41-19-11-9-12-20-41)47-31-32-48-50(42-21-13-10-14-22-42)36-52(62-60(48)59(47)61-51)58-55-39(7-3)25-17-29-45(55)34-46-30-18-26-40(8-4)56(46)58/h9-36H,5-8H2,1-4H3. The lowest BCUT2D eigenvalue weighted by molar-refractivity contribution is 1.15. The number of benzene rings is 9. The number of rotatable bonds is 8. The summed E-state index contributed by atoms with van der Waals surface area (Å²) in [4.78, 5) is 11.8. The summed E-state index contributed by atoms with van der Waals surface area (Å²) in [6.07, 6.45) is 3.71. The van der Waals surface area contributed by atoms with Crippen molar-refractivity contribution >= 4 is 64.9 Å². The third-order valence-corrected chi connectivity index (χ3v) is 13.3. The van der Waals surface area contributed by atoms with Gasteiger partial charge in [0.25, 0.3) is 0 Å². The van der Waals surface area contributed by atoms with Gasteiger partial charge in [-0.2, -0.15) is 0 Å². The molecule has 0 saturated carbocycles. The average molecular weight is 797 g/mol. The van der Waals surface area contributed by atoms with Gasteiger partial charge in [-0.25, -0.2) is 9.97 Å². The molecule has 0 bridgehead atoms. The maximum absolute atomic E-state index is 5.91. The van der Waals surface area contributed by atoms with Crippen LogP contribution in [0.15, 0.2) is 170 Å². The van der Waals surface area contributed by atoms with Crippen molar-refractivity contribution in [3.63, 3.8) is 0 Å². The van der Waals surface area contributed by atoms with Crippen molar-refractivity contribution in [2.75, 3.05) is 0 Å². The fourth-order valence-corrected chi connectivity index (χ4v) is 10.4. The summed E-state index contributed by atoms with van der Waals surface area (Å²) in [5, 5.41) is 12.3. The summed E-state index contributed by atoms with van der Waals surface area (Å²) in [5.41, 5.74) is 16.2. The molecule has 0 aliphatic rings. The molecule has 2 heterocycles. The quantitative estimate of drug-likeness (QED) is 0.113. The smallest absolute Gasteiger partial charge is 0.0978 e. The second-order valence-electron chi connectivity index (χ2n) is 16.7. The van der Waals surface area contributed by atoms with Crippen molar-refractivity contribution in [2.45, 2.75) is 53.4 Å². The Morgan fingerprint density at radius 3 is 0.952 bits per heavy atom. The topological polar surface area (TPSA) is 25.8 Å². The minimum absolute atomic E-state index is 0.918. The molecule has 2 aromatic heterocycles. The summed E-state index contributed by atoms with van der Waals surface area (Å²) in [7, 11) is 0. The lowest BCUT2D eigenvalue weighted by Gasteiger charge is -2.20. The van der Waals surface area contributed by atoms with E-state index in [2.05, 4.69) is 198 Å². The van der Waals surface area contributed by atoms with Gasteiger partial charge in [0.05, 0.1) is 22.4 Å². The molecule has 0 radical (unpaired) electrons. The van der Waals surface area contributed by atoms with Crippen molar-refractivity contribution < 1.29 is 0 Å². The maximum atomic E-state index is 5.91. The first-order valence-corrected chi connectivity index (χ1v) is 22.4. The van der Waals surface area contributed by atoms with E-state index in [1.54, 1.807) is 0 Å². The van der Waals surface area contributed by atoms with Gasteiger partial charge < -0.3 is 0 Å². The van der Waals surface area contributed by atoms with Crippen LogP contribution in [0.25, 0.3) is 110 Å². The third kappa shape index (κ3) is 6.00. The van der Waals surface area contributed by atoms with Crippen molar-refractivity contribution in [3.8, 4) is 44.8 Å². The third-order valence-electron chi connectivity index (χ3n) is 13.3. The molecule has 9 aromatic carbocycles. The summed E-state index contributed by atoms with van der Waals surface area (Å²) >= 11 is 0. The van der Waals surface area contributed by atoms with Gasteiger partial charge in [0, 0.05) is 21.9 Å². The van der Waals surface area contributed by atoms with Crippen LogP contribution in [0.4, 0.5) is 0 Å². The Bertz CT molecular complexity index is 3190. The predicted molar refractivity (Wildman–Crippen MR) is 266 cm³/mol. The highest BCUT2D eigenvalue weighted by Gasteiger charge is 2.23. The van der Waals surface area contributed by atoms with E-state index in [1.807, 2.05) is 0 Å². The number of hydrogen-bond acceptors (Lipinski definition) is 2. The van der Waals surface area contributed by atoms with Gasteiger partial charge in [0.1, 0.15) is 0 Å². The first-order chi connectivity index (χ1) is 30.6. The van der Waals surface area contributed by atoms with E-state index >= 15 is 0 Å². The van der Waals surface area contributed by atoms with Crippen LogP contribution in [0.2, 0.25) is 0 Å². The molecule has 0 amide bonds. The van der Waals surface area contributed by atoms with Crippen LogP contribution in [0.1, 0.15) is 49.9 Å². The maximum Gasteiger partial charge on any atom is 0.0978 e. The first kappa shape index (κ1) is 37.8. The Kier molecular flexibility index (Phi) is 9.38. The van der Waals surface area contributed by atoms with E-state index in [4.69, 9.17) is 9.97 Å². The second-order valence-corrected chi connectivity index (χ2v) is 16.7. The van der Waals surface area contributed by atoms with Gasteiger partial charge >= 0.3 is 0 Å². The minimum Gasteiger partial charge on any atom is -0.245 e. The Morgan fingerprint density at radius 1 is 0.323 bits per heavy atom. The highest BCUT2D eigenvalue weighted by atomic mass is 14.8. The average Bonchev–Trinajstić information content (AvgIpc) is 3.33. The SMILES string of the molecule is CCc1cccc2cc3cccc(CC)c3c(-c3cc(-c4ccccc4)c4ccc5c(-c6ccccc6)cc(-c6c7c(CC)cccc7cc7cccc(CC)c67)nc5c4n3)c12. The van der Waals surface area contributed by atoms with Crippen molar-refractivity contribution in [2.24, 2.45) is 0 Å². The number of aromatic nitrogens is 2. The summed E-state index contributed by atoms with van der Waals surface area (Å²) in [5.74, 6) is 0. The van der Waals surface area contributed by atoms with Crippen LogP contribution in [-0.2, 0) is 25.7 Å². The molecule has 2 nitrogen and oxygen atoms in total. The van der Waals surface area contributed by atoms with Crippen molar-refractivity contribution in [1.29, 1.82) is 0 Å². The molecular weight excluding hydrogens is 749 g/mol. The van der Waals surface area contributed by atoms with Crippen LogP contribution in [-0.4, -0.2) is 9.97 Å². The van der Waals surface area contributed by atoms with Crippen molar-refractivity contribution in [1.82, 2.24) is 9.97 Å². The lowest BCUT2D eigenvalue weighted by Crippen LogP contribution is -1.99. The molecule has 0 aliphatic carbocycles. The fraction of sp³-hybridized carbons (Fsp3) is 0.133. The van der Waals surface area contributed by atoms with Crippen LogP contribution >= 0.6 is 0 Å². The van der Waals surface area contributed by atoms with E-state index in [-0.39, 0.29) is 0 Å². The number of aryl methyl sites for hydroxylation is 4. The Labute approximate surface area is 363 Å². The molecule has 0 unspecified atom stereocenters. The molecule has 0 saturated heterocycles. The zero-order chi connectivity index (χ0) is 41.9. The summed E-state index contributed by atoms with van der Waals surface area (Å²) in [6.45, 7) is 9.08. The first-order valence-electron chi connectivity index (χ1n) is 22.4. The fourth-order valence-electron chi connectivity index (χ4n) is 10.4. The van der Waals surface area contributed by atoms with Gasteiger partial charge in [-0.05, 0) is 138 Å². The van der Waals surface area contributed by atoms with Gasteiger partial charge in [-0.3, -0.25) is 0 Å². The molecule has 298 valence electrons. The molecule has 0 aliphatic heterocycles. The number of pyridine rings is 2. The molecule has 2 heteroatoms. The molecule has 0 fully saturated rings. The number of hydrogen-bond donors (Lipinski definition) is 0. The Balaban J connectivity index is 1.36. The van der Waals surface area contributed by atoms with E-state index in [1.165, 1.54) is 76.5 Å². The normalized spacial score (nSPS) is 11.8. The Hall–Kier alpha value is -7.16. The minimum atomic E-state index is 0.918. The summed E-state index contributed by atoms with van der Waals surface area (Å²) < 4.78 is 0. The van der Waals surface area contributed by atoms with Gasteiger partial charge in [-0.15, -0.1) is 0 Å². The van der Waals surface area contributed by atoms with E-state index in [0.29, 0.717) is 0 Å².